The van der Waals surface area contributed by atoms with Crippen LogP contribution in [0.4, 0.5) is 4.79 Å². The summed E-state index contributed by atoms with van der Waals surface area (Å²) in [6.07, 6.45) is 0.588. The van der Waals surface area contributed by atoms with Crippen molar-refractivity contribution in [2.24, 2.45) is 5.16 Å². The Morgan fingerprint density at radius 2 is 1.71 bits per heavy atom. The van der Waals surface area contributed by atoms with Gasteiger partial charge >= 0.3 is 19.7 Å². The summed E-state index contributed by atoms with van der Waals surface area (Å²) in [6.45, 7) is 3.34. The minimum Gasteiger partial charge on any atom is -0.465 e. The summed E-state index contributed by atoms with van der Waals surface area (Å²) in [5.74, 6) is -2.70. The standard InChI is InChI=1S/C18H23N4O8P/c1-5-11-28-17(25)12(2)20-31(27,29-13-9-7-6-8-10-13)30-19-14-15(23)21(3)18(26)22(4)16(14)24/h6-10,12H,5,11H2,1-4H3,(H,20,27)/t12-,31?/m0/s1. The fourth-order valence-electron chi connectivity index (χ4n) is 2.28. The number of imide groups is 2. The van der Waals surface area contributed by atoms with E-state index in [4.69, 9.17) is 13.9 Å². The van der Waals surface area contributed by atoms with Crippen LogP contribution in [0.2, 0.25) is 0 Å². The van der Waals surface area contributed by atoms with Gasteiger partial charge in [-0.1, -0.05) is 30.3 Å². The van der Waals surface area contributed by atoms with E-state index in [0.29, 0.717) is 16.2 Å². The lowest BCUT2D eigenvalue weighted by molar-refractivity contribution is -0.145. The van der Waals surface area contributed by atoms with Crippen molar-refractivity contribution < 1.29 is 37.6 Å². The van der Waals surface area contributed by atoms with E-state index in [2.05, 4.69) is 10.2 Å². The number of hydrogen-bond acceptors (Lipinski definition) is 9. The van der Waals surface area contributed by atoms with Crippen LogP contribution >= 0.6 is 7.75 Å². The molecule has 168 valence electrons. The summed E-state index contributed by atoms with van der Waals surface area (Å²) in [6, 6.07) is 5.86. The van der Waals surface area contributed by atoms with E-state index in [1.807, 2.05) is 6.92 Å². The highest BCUT2D eigenvalue weighted by Gasteiger charge is 2.42. The third-order valence-electron chi connectivity index (χ3n) is 3.95. The molecule has 0 spiro atoms. The molecule has 0 aliphatic carbocycles. The lowest BCUT2D eigenvalue weighted by Gasteiger charge is -2.27. The van der Waals surface area contributed by atoms with E-state index in [9.17, 15) is 23.7 Å². The Labute approximate surface area is 178 Å². The summed E-state index contributed by atoms with van der Waals surface area (Å²) in [4.78, 5) is 49.6. The molecule has 31 heavy (non-hydrogen) atoms. The van der Waals surface area contributed by atoms with Gasteiger partial charge in [0.05, 0.1) is 6.61 Å². The van der Waals surface area contributed by atoms with E-state index in [1.165, 1.54) is 19.1 Å². The van der Waals surface area contributed by atoms with Crippen LogP contribution in [0.15, 0.2) is 35.5 Å². The van der Waals surface area contributed by atoms with Gasteiger partial charge < -0.3 is 9.26 Å². The van der Waals surface area contributed by atoms with Crippen LogP contribution in [0.25, 0.3) is 0 Å². The highest BCUT2D eigenvalue weighted by atomic mass is 31.2. The number of barbiturate groups is 1. The zero-order valence-electron chi connectivity index (χ0n) is 17.4. The molecule has 13 heteroatoms. The van der Waals surface area contributed by atoms with Crippen molar-refractivity contribution in [3.63, 3.8) is 0 Å². The Balaban J connectivity index is 2.30. The summed E-state index contributed by atoms with van der Waals surface area (Å²) in [5, 5.41) is 5.77. The molecule has 1 fully saturated rings. The maximum atomic E-state index is 13.3. The van der Waals surface area contributed by atoms with Gasteiger partial charge in [0, 0.05) is 14.1 Å². The SMILES string of the molecule is CCCOC(=O)[C@H](C)NP(=O)(ON=C1C(=O)N(C)C(=O)N(C)C1=O)Oc1ccccc1. The van der Waals surface area contributed by atoms with E-state index < -0.39 is 43.3 Å². The lowest BCUT2D eigenvalue weighted by Crippen LogP contribution is -2.57. The van der Waals surface area contributed by atoms with Crippen molar-refractivity contribution in [1.82, 2.24) is 14.9 Å². The van der Waals surface area contributed by atoms with Gasteiger partial charge in [-0.3, -0.25) is 28.8 Å². The molecule has 0 radical (unpaired) electrons. The highest BCUT2D eigenvalue weighted by molar-refractivity contribution is 7.52. The molecule has 1 saturated heterocycles. The molecule has 1 aromatic carbocycles. The van der Waals surface area contributed by atoms with Crippen molar-refractivity contribution in [2.75, 3.05) is 20.7 Å². The molecule has 1 aliphatic rings. The maximum Gasteiger partial charge on any atom is 0.533 e. The molecule has 1 unspecified atom stereocenters. The second-order valence-corrected chi connectivity index (χ2v) is 8.05. The van der Waals surface area contributed by atoms with Crippen molar-refractivity contribution >= 4 is 37.3 Å². The number of rotatable bonds is 9. The van der Waals surface area contributed by atoms with Gasteiger partial charge in [-0.25, -0.2) is 9.36 Å². The summed E-state index contributed by atoms with van der Waals surface area (Å²) in [7, 11) is -2.13. The zero-order valence-corrected chi connectivity index (χ0v) is 18.3. The Morgan fingerprint density at radius 3 is 2.26 bits per heavy atom. The van der Waals surface area contributed by atoms with Crippen LogP contribution in [0.5, 0.6) is 5.75 Å². The number of carbonyl (C=O) groups is 4. The second kappa shape index (κ2) is 10.2. The van der Waals surface area contributed by atoms with Gasteiger partial charge in [0.25, 0.3) is 11.8 Å². The second-order valence-electron chi connectivity index (χ2n) is 6.45. The Hall–Kier alpha value is -3.24. The molecule has 4 amide bonds. The van der Waals surface area contributed by atoms with Crippen LogP contribution in [-0.4, -0.2) is 66.1 Å². The number of esters is 1. The Kier molecular flexibility index (Phi) is 7.89. The number of nitrogens with one attached hydrogen (secondary N) is 1. The van der Waals surface area contributed by atoms with Gasteiger partial charge in [0.2, 0.25) is 5.71 Å². The van der Waals surface area contributed by atoms with Crippen LogP contribution in [0.3, 0.4) is 0 Å². The van der Waals surface area contributed by atoms with Gasteiger partial charge in [-0.2, -0.15) is 5.09 Å². The van der Waals surface area contributed by atoms with E-state index >= 15 is 0 Å². The summed E-state index contributed by atoms with van der Waals surface area (Å²) in [5.41, 5.74) is -0.788. The van der Waals surface area contributed by atoms with Crippen LogP contribution in [-0.2, 0) is 28.3 Å². The fourth-order valence-corrected chi connectivity index (χ4v) is 3.59. The first-order chi connectivity index (χ1) is 14.6. The number of benzene rings is 1. The van der Waals surface area contributed by atoms with Gasteiger partial charge in [-0.15, -0.1) is 0 Å². The molecule has 1 aliphatic heterocycles. The highest BCUT2D eigenvalue weighted by Crippen LogP contribution is 2.45. The van der Waals surface area contributed by atoms with E-state index in [0.717, 1.165) is 14.1 Å². The largest absolute Gasteiger partial charge is 0.533 e. The maximum absolute atomic E-state index is 13.3. The zero-order chi connectivity index (χ0) is 23.2. The topological polar surface area (TPSA) is 144 Å². The van der Waals surface area contributed by atoms with Crippen LogP contribution < -0.4 is 9.61 Å². The molecule has 12 nitrogen and oxygen atoms in total. The molecule has 0 bridgehead atoms. The molecule has 1 N–H and O–H groups in total. The average Bonchev–Trinajstić information content (AvgIpc) is 2.75. The number of para-hydroxylation sites is 1. The number of ether oxygens (including phenoxy) is 1. The predicted octanol–water partition coefficient (Wildman–Crippen LogP) is 1.53. The van der Waals surface area contributed by atoms with Crippen molar-refractivity contribution in [2.45, 2.75) is 26.3 Å². The number of oxime groups is 1. The molecule has 2 atom stereocenters. The number of amides is 4. The quantitative estimate of drug-likeness (QED) is 0.334. The number of hydrogen-bond donors (Lipinski definition) is 1. The minimum atomic E-state index is -4.42. The smallest absolute Gasteiger partial charge is 0.465 e. The number of nitrogens with zero attached hydrogens (tertiary/aromatic N) is 3. The molecular weight excluding hydrogens is 431 g/mol. The Bertz CT molecular complexity index is 910. The first-order valence-electron chi connectivity index (χ1n) is 9.25. The lowest BCUT2D eigenvalue weighted by atomic mass is 10.2. The number of urea groups is 1. The minimum absolute atomic E-state index is 0.110. The monoisotopic (exact) mass is 454 g/mol. The van der Waals surface area contributed by atoms with Crippen molar-refractivity contribution in [3.05, 3.63) is 30.3 Å². The number of carbonyl (C=O) groups excluding carboxylic acids is 4. The molecule has 0 saturated carbocycles. The summed E-state index contributed by atoms with van der Waals surface area (Å²) < 4.78 is 28.6. The predicted molar refractivity (Wildman–Crippen MR) is 108 cm³/mol. The van der Waals surface area contributed by atoms with Crippen molar-refractivity contribution in [1.29, 1.82) is 0 Å². The van der Waals surface area contributed by atoms with E-state index in [-0.39, 0.29) is 12.4 Å². The van der Waals surface area contributed by atoms with Crippen molar-refractivity contribution in [3.8, 4) is 5.75 Å². The third kappa shape index (κ3) is 5.89. The molecule has 0 aromatic heterocycles. The first-order valence-corrected chi connectivity index (χ1v) is 10.8. The van der Waals surface area contributed by atoms with Crippen LogP contribution in [0, 0.1) is 0 Å². The third-order valence-corrected chi connectivity index (χ3v) is 5.40. The molecular formula is C18H23N4O8P. The normalized spacial score (nSPS) is 17.2. The average molecular weight is 454 g/mol. The van der Waals surface area contributed by atoms with Gasteiger partial charge in [0.15, 0.2) is 0 Å². The summed E-state index contributed by atoms with van der Waals surface area (Å²) >= 11 is 0. The Morgan fingerprint density at radius 1 is 1.13 bits per heavy atom. The molecule has 2 rings (SSSR count). The van der Waals surface area contributed by atoms with Gasteiger partial charge in [-0.05, 0) is 25.5 Å². The van der Waals surface area contributed by atoms with E-state index in [1.54, 1.807) is 18.2 Å². The molecule has 1 heterocycles. The molecule has 1 aromatic rings. The van der Waals surface area contributed by atoms with Gasteiger partial charge in [0.1, 0.15) is 11.8 Å². The first kappa shape index (κ1) is 24.0. The van der Waals surface area contributed by atoms with Crippen LogP contribution in [0.1, 0.15) is 20.3 Å². The fraction of sp³-hybridized carbons (Fsp3) is 0.389.